The molecule has 0 fully saturated rings. The Kier molecular flexibility index (Phi) is 3.95. The Hall–Kier alpha value is -0.630. The first-order valence-corrected chi connectivity index (χ1v) is 5.78. The summed E-state index contributed by atoms with van der Waals surface area (Å²) in [7, 11) is 0. The van der Waals surface area contributed by atoms with Crippen LogP contribution in [-0.4, -0.2) is 4.92 Å². The zero-order valence-corrected chi connectivity index (χ0v) is 10.7. The first kappa shape index (κ1) is 13.4. The lowest BCUT2D eigenvalue weighted by molar-refractivity contribution is -0.385. The summed E-state index contributed by atoms with van der Waals surface area (Å²) >= 11 is 5.76. The van der Waals surface area contributed by atoms with Crippen LogP contribution in [0.2, 0.25) is 0 Å². The van der Waals surface area contributed by atoms with Crippen LogP contribution in [0.5, 0.6) is 0 Å². The topological polar surface area (TPSA) is 43.1 Å². The molecule has 1 rings (SSSR count). The number of alkyl halides is 4. The molecule has 0 radical (unpaired) electrons. The fourth-order valence-corrected chi connectivity index (χ4v) is 2.49. The van der Waals surface area contributed by atoms with Crippen molar-refractivity contribution in [3.8, 4) is 0 Å². The molecule has 0 amide bonds. The van der Waals surface area contributed by atoms with E-state index in [0.717, 1.165) is 6.07 Å². The second-order valence-corrected chi connectivity index (χ2v) is 4.21. The van der Waals surface area contributed by atoms with E-state index < -0.39 is 22.4 Å². The number of nitrogens with zero attached hydrogens (tertiary/aromatic N) is 1. The average molecular weight is 363 g/mol. The van der Waals surface area contributed by atoms with E-state index >= 15 is 0 Å². The second kappa shape index (κ2) is 4.70. The lowest BCUT2D eigenvalue weighted by atomic mass is 10.1. The van der Waals surface area contributed by atoms with Gasteiger partial charge in [0, 0.05) is 21.9 Å². The van der Waals surface area contributed by atoms with Crippen molar-refractivity contribution in [2.24, 2.45) is 0 Å². The van der Waals surface area contributed by atoms with Crippen molar-refractivity contribution >= 4 is 37.5 Å². The number of hydrogen-bond donors (Lipinski definition) is 0. The second-order valence-electron chi connectivity index (χ2n) is 2.85. The molecule has 8 heteroatoms. The number of nitro benzene ring substituents is 1. The molecule has 0 aliphatic rings. The number of benzene rings is 1. The maximum atomic E-state index is 12.5. The fourth-order valence-electron chi connectivity index (χ4n) is 1.08. The number of hydrogen-bond acceptors (Lipinski definition) is 2. The molecule has 1 aromatic carbocycles. The highest BCUT2D eigenvalue weighted by molar-refractivity contribution is 9.10. The normalized spacial score (nSPS) is 11.6. The van der Waals surface area contributed by atoms with Gasteiger partial charge in [0.15, 0.2) is 0 Å². The molecule has 0 aromatic heterocycles. The minimum absolute atomic E-state index is 0.0956. The van der Waals surface area contributed by atoms with E-state index in [1.165, 1.54) is 0 Å². The van der Waals surface area contributed by atoms with Crippen molar-refractivity contribution < 1.29 is 18.1 Å². The molecule has 0 unspecified atom stereocenters. The molecular weight excluding hydrogens is 359 g/mol. The Bertz CT molecular complexity index is 434. The minimum Gasteiger partial charge on any atom is -0.258 e. The van der Waals surface area contributed by atoms with Crippen molar-refractivity contribution in [2.45, 2.75) is 11.5 Å². The minimum atomic E-state index is -4.62. The highest BCUT2D eigenvalue weighted by Crippen LogP contribution is 2.39. The van der Waals surface area contributed by atoms with Gasteiger partial charge in [0.05, 0.1) is 10.5 Å². The van der Waals surface area contributed by atoms with Crippen LogP contribution in [0.1, 0.15) is 11.1 Å². The standard InChI is InChI=1S/C8H4Br2F3NO2/c9-3-4-1-5(14(15)16)2-6(7(4)10)8(11,12)13/h1-2H,3H2. The Balaban J connectivity index is 3.48. The van der Waals surface area contributed by atoms with Crippen LogP contribution in [0.4, 0.5) is 18.9 Å². The molecule has 0 N–H and O–H groups in total. The maximum Gasteiger partial charge on any atom is 0.417 e. The first-order chi connectivity index (χ1) is 7.27. The predicted octanol–water partition coefficient (Wildman–Crippen LogP) is 4.27. The highest BCUT2D eigenvalue weighted by atomic mass is 79.9. The summed E-state index contributed by atoms with van der Waals surface area (Å²) in [5.74, 6) is 0. The highest BCUT2D eigenvalue weighted by Gasteiger charge is 2.35. The van der Waals surface area contributed by atoms with Crippen LogP contribution >= 0.6 is 31.9 Å². The summed E-state index contributed by atoms with van der Waals surface area (Å²) in [6.07, 6.45) is -4.62. The molecule has 88 valence electrons. The molecule has 0 spiro atoms. The Morgan fingerprint density at radius 3 is 2.31 bits per heavy atom. The van der Waals surface area contributed by atoms with Crippen LogP contribution in [0, 0.1) is 10.1 Å². The molecule has 0 aliphatic carbocycles. The number of non-ortho nitro benzene ring substituents is 1. The van der Waals surface area contributed by atoms with Gasteiger partial charge in [0.25, 0.3) is 5.69 Å². The van der Waals surface area contributed by atoms with Crippen LogP contribution in [-0.2, 0) is 11.5 Å². The third-order valence-corrected chi connectivity index (χ3v) is 3.33. The predicted molar refractivity (Wildman–Crippen MR) is 58.4 cm³/mol. The molecule has 1 aromatic rings. The van der Waals surface area contributed by atoms with Crippen molar-refractivity contribution in [3.05, 3.63) is 37.8 Å². The van der Waals surface area contributed by atoms with E-state index in [1.807, 2.05) is 0 Å². The molecule has 0 atom stereocenters. The van der Waals surface area contributed by atoms with E-state index in [1.54, 1.807) is 0 Å². The molecular formula is C8H4Br2F3NO2. The van der Waals surface area contributed by atoms with Crippen LogP contribution < -0.4 is 0 Å². The molecule has 3 nitrogen and oxygen atoms in total. The van der Waals surface area contributed by atoms with Crippen molar-refractivity contribution in [1.82, 2.24) is 0 Å². The van der Waals surface area contributed by atoms with E-state index in [4.69, 9.17) is 0 Å². The van der Waals surface area contributed by atoms with Gasteiger partial charge in [0.1, 0.15) is 0 Å². The summed E-state index contributed by atoms with van der Waals surface area (Å²) < 4.78 is 37.4. The lowest BCUT2D eigenvalue weighted by Crippen LogP contribution is -2.08. The third-order valence-electron chi connectivity index (χ3n) is 1.79. The SMILES string of the molecule is O=[N+]([O-])c1cc(CBr)c(Br)c(C(F)(F)F)c1. The van der Waals surface area contributed by atoms with Crippen LogP contribution in [0.3, 0.4) is 0 Å². The Morgan fingerprint density at radius 1 is 1.38 bits per heavy atom. The quantitative estimate of drug-likeness (QED) is 0.448. The van der Waals surface area contributed by atoms with Crippen LogP contribution in [0.15, 0.2) is 16.6 Å². The largest absolute Gasteiger partial charge is 0.417 e. The van der Waals surface area contributed by atoms with Gasteiger partial charge in [0.2, 0.25) is 0 Å². The van der Waals surface area contributed by atoms with Crippen molar-refractivity contribution in [3.63, 3.8) is 0 Å². The lowest BCUT2D eigenvalue weighted by Gasteiger charge is -2.11. The Labute approximate surface area is 105 Å². The van der Waals surface area contributed by atoms with E-state index in [9.17, 15) is 23.3 Å². The molecule has 0 saturated heterocycles. The zero-order chi connectivity index (χ0) is 12.5. The number of rotatable bonds is 2. The van der Waals surface area contributed by atoms with Gasteiger partial charge >= 0.3 is 6.18 Å². The number of nitro groups is 1. The summed E-state index contributed by atoms with van der Waals surface area (Å²) in [5, 5.41) is 10.6. The molecule has 0 bridgehead atoms. The smallest absolute Gasteiger partial charge is 0.258 e. The average Bonchev–Trinajstić information content (AvgIpc) is 2.15. The first-order valence-electron chi connectivity index (χ1n) is 3.87. The van der Waals surface area contributed by atoms with Gasteiger partial charge in [-0.3, -0.25) is 10.1 Å². The van der Waals surface area contributed by atoms with Crippen molar-refractivity contribution in [1.29, 1.82) is 0 Å². The van der Waals surface area contributed by atoms with Crippen molar-refractivity contribution in [2.75, 3.05) is 0 Å². The molecule has 0 aliphatic heterocycles. The zero-order valence-electron chi connectivity index (χ0n) is 7.52. The van der Waals surface area contributed by atoms with Gasteiger partial charge in [-0.1, -0.05) is 15.9 Å². The Morgan fingerprint density at radius 2 is 1.94 bits per heavy atom. The molecule has 0 heterocycles. The molecule has 16 heavy (non-hydrogen) atoms. The van der Waals surface area contributed by atoms with E-state index in [0.29, 0.717) is 6.07 Å². The summed E-state index contributed by atoms with van der Waals surface area (Å²) in [4.78, 5) is 9.61. The van der Waals surface area contributed by atoms with Gasteiger partial charge in [-0.05, 0) is 21.5 Å². The molecule has 0 saturated carbocycles. The van der Waals surface area contributed by atoms with Gasteiger partial charge < -0.3 is 0 Å². The summed E-state index contributed by atoms with van der Waals surface area (Å²) in [6.45, 7) is 0. The monoisotopic (exact) mass is 361 g/mol. The van der Waals surface area contributed by atoms with Gasteiger partial charge in [-0.2, -0.15) is 13.2 Å². The van der Waals surface area contributed by atoms with E-state index in [2.05, 4.69) is 31.9 Å². The maximum absolute atomic E-state index is 12.5. The fraction of sp³-hybridized carbons (Fsp3) is 0.250. The summed E-state index contributed by atoms with van der Waals surface area (Å²) in [6, 6.07) is 1.60. The van der Waals surface area contributed by atoms with E-state index in [-0.39, 0.29) is 15.4 Å². The van der Waals surface area contributed by atoms with Crippen LogP contribution in [0.25, 0.3) is 0 Å². The number of halogens is 5. The summed E-state index contributed by atoms with van der Waals surface area (Å²) in [5.41, 5.74) is -1.44. The van der Waals surface area contributed by atoms with Gasteiger partial charge in [-0.15, -0.1) is 0 Å². The van der Waals surface area contributed by atoms with Gasteiger partial charge in [-0.25, -0.2) is 0 Å². The third kappa shape index (κ3) is 2.73.